The molecule has 1 aliphatic heterocycles. The van der Waals surface area contributed by atoms with Crippen LogP contribution in [0, 0.1) is 25.7 Å². The van der Waals surface area contributed by atoms with Crippen molar-refractivity contribution in [3.63, 3.8) is 0 Å². The summed E-state index contributed by atoms with van der Waals surface area (Å²) in [7, 11) is -3.70. The Bertz CT molecular complexity index is 920. The van der Waals surface area contributed by atoms with Gasteiger partial charge in [0.15, 0.2) is 17.3 Å². The largest absolute Gasteiger partial charge is 0.481 e. The topological polar surface area (TPSA) is 99.9 Å². The van der Waals surface area contributed by atoms with E-state index in [-0.39, 0.29) is 30.6 Å². The molecule has 0 fully saturated rings. The van der Waals surface area contributed by atoms with Gasteiger partial charge in [-0.1, -0.05) is 17.0 Å². The monoisotopic (exact) mass is 364 g/mol. The highest BCUT2D eigenvalue weighted by molar-refractivity contribution is 7.89. The Labute approximate surface area is 145 Å². The van der Waals surface area contributed by atoms with Crippen LogP contribution >= 0.6 is 0 Å². The number of aryl methyl sites for hydroxylation is 2. The van der Waals surface area contributed by atoms with Crippen LogP contribution in [0.1, 0.15) is 11.5 Å². The fourth-order valence-electron chi connectivity index (χ4n) is 2.26. The Morgan fingerprint density at radius 2 is 2.04 bits per heavy atom. The van der Waals surface area contributed by atoms with Crippen LogP contribution in [0.15, 0.2) is 27.6 Å². The van der Waals surface area contributed by atoms with Gasteiger partial charge >= 0.3 is 0 Å². The van der Waals surface area contributed by atoms with Crippen LogP contribution in [-0.2, 0) is 10.0 Å². The van der Waals surface area contributed by atoms with Gasteiger partial charge in [-0.05, 0) is 26.0 Å². The molecule has 8 nitrogen and oxygen atoms in total. The molecule has 9 heteroatoms. The van der Waals surface area contributed by atoms with Gasteiger partial charge < -0.3 is 18.7 Å². The molecule has 132 valence electrons. The highest BCUT2D eigenvalue weighted by Crippen LogP contribution is 2.34. The predicted molar refractivity (Wildman–Crippen MR) is 87.0 cm³/mol. The maximum Gasteiger partial charge on any atom is 0.246 e. The average Bonchev–Trinajstić information content (AvgIpc) is 3.16. The smallest absolute Gasteiger partial charge is 0.246 e. The van der Waals surface area contributed by atoms with Crippen LogP contribution in [0.4, 0.5) is 0 Å². The number of nitrogens with zero attached hydrogens (tertiary/aromatic N) is 1. The molecule has 1 aromatic heterocycles. The Morgan fingerprint density at radius 3 is 2.80 bits per heavy atom. The minimum absolute atomic E-state index is 0.0447. The number of hydrogen-bond donors (Lipinski definition) is 1. The number of fused-ring (bicyclic) bond motifs is 1. The summed E-state index contributed by atoms with van der Waals surface area (Å²) >= 11 is 0. The van der Waals surface area contributed by atoms with E-state index in [1.54, 1.807) is 32.0 Å². The van der Waals surface area contributed by atoms with Crippen molar-refractivity contribution < 1.29 is 27.2 Å². The van der Waals surface area contributed by atoms with Gasteiger partial charge in [-0.3, -0.25) is 0 Å². The summed E-state index contributed by atoms with van der Waals surface area (Å²) in [6, 6.07) is 5.21. The molecule has 0 radical (unpaired) electrons. The molecular formula is C16H16N2O6S. The summed E-state index contributed by atoms with van der Waals surface area (Å²) in [5.74, 6) is 7.56. The lowest BCUT2D eigenvalue weighted by Gasteiger charge is -2.03. The summed E-state index contributed by atoms with van der Waals surface area (Å²) in [5, 5.41) is 3.63. The molecule has 0 unspecified atom stereocenters. The van der Waals surface area contributed by atoms with E-state index < -0.39 is 10.0 Å². The molecule has 0 spiro atoms. The average molecular weight is 364 g/mol. The SMILES string of the molecule is Cc1noc(C)c1S(=O)(=O)NCC#CCOc1ccc2c(c1)OCO2. The highest BCUT2D eigenvalue weighted by atomic mass is 32.2. The number of nitrogens with one attached hydrogen (secondary N) is 1. The first-order valence-corrected chi connectivity index (χ1v) is 8.86. The summed E-state index contributed by atoms with van der Waals surface area (Å²) < 4.78 is 47.5. The van der Waals surface area contributed by atoms with E-state index in [4.69, 9.17) is 18.7 Å². The Balaban J connectivity index is 1.50. The number of benzene rings is 1. The second kappa shape index (κ2) is 7.04. The summed E-state index contributed by atoms with van der Waals surface area (Å²) in [6.07, 6.45) is 0. The van der Waals surface area contributed by atoms with Crippen LogP contribution in [0.5, 0.6) is 17.2 Å². The first-order valence-electron chi connectivity index (χ1n) is 7.38. The number of hydrogen-bond acceptors (Lipinski definition) is 7. The van der Waals surface area contributed by atoms with Crippen LogP contribution in [0.25, 0.3) is 0 Å². The van der Waals surface area contributed by atoms with Gasteiger partial charge in [-0.15, -0.1) is 0 Å². The molecule has 0 atom stereocenters. The van der Waals surface area contributed by atoms with Crippen molar-refractivity contribution in [2.75, 3.05) is 19.9 Å². The summed E-state index contributed by atoms with van der Waals surface area (Å²) in [5.41, 5.74) is 0.309. The molecule has 0 aliphatic carbocycles. The van der Waals surface area contributed by atoms with Crippen molar-refractivity contribution in [3.05, 3.63) is 29.7 Å². The van der Waals surface area contributed by atoms with E-state index in [2.05, 4.69) is 21.7 Å². The van der Waals surface area contributed by atoms with Crippen molar-refractivity contribution in [2.45, 2.75) is 18.7 Å². The molecule has 0 saturated carbocycles. The van der Waals surface area contributed by atoms with Gasteiger partial charge in [-0.25, -0.2) is 8.42 Å². The van der Waals surface area contributed by atoms with Crippen molar-refractivity contribution in [1.29, 1.82) is 0 Å². The lowest BCUT2D eigenvalue weighted by Crippen LogP contribution is -2.25. The predicted octanol–water partition coefficient (Wildman–Crippen LogP) is 1.38. The molecule has 2 aromatic rings. The van der Waals surface area contributed by atoms with Gasteiger partial charge in [-0.2, -0.15) is 4.72 Å². The van der Waals surface area contributed by atoms with Crippen LogP contribution in [0.3, 0.4) is 0 Å². The third kappa shape index (κ3) is 3.87. The fraction of sp³-hybridized carbons (Fsp3) is 0.312. The zero-order chi connectivity index (χ0) is 17.9. The van der Waals surface area contributed by atoms with Gasteiger partial charge in [0.25, 0.3) is 0 Å². The summed E-state index contributed by atoms with van der Waals surface area (Å²) in [6.45, 7) is 3.38. The normalized spacial score (nSPS) is 12.6. The zero-order valence-corrected chi connectivity index (χ0v) is 14.5. The van der Waals surface area contributed by atoms with Crippen LogP contribution in [-0.4, -0.2) is 33.5 Å². The minimum Gasteiger partial charge on any atom is -0.481 e. The van der Waals surface area contributed by atoms with E-state index in [0.717, 1.165) is 0 Å². The highest BCUT2D eigenvalue weighted by Gasteiger charge is 2.23. The first kappa shape index (κ1) is 17.1. The molecule has 1 aromatic carbocycles. The van der Waals surface area contributed by atoms with E-state index in [1.165, 1.54) is 0 Å². The third-order valence-corrected chi connectivity index (χ3v) is 5.01. The molecule has 1 N–H and O–H groups in total. The van der Waals surface area contributed by atoms with Gasteiger partial charge in [0, 0.05) is 6.07 Å². The molecule has 0 saturated heterocycles. The van der Waals surface area contributed by atoms with Gasteiger partial charge in [0.1, 0.15) is 22.9 Å². The maximum absolute atomic E-state index is 12.2. The molecule has 3 rings (SSSR count). The van der Waals surface area contributed by atoms with E-state index in [9.17, 15) is 8.42 Å². The van der Waals surface area contributed by atoms with E-state index in [0.29, 0.717) is 22.9 Å². The van der Waals surface area contributed by atoms with Crippen LogP contribution < -0.4 is 18.9 Å². The molecular weight excluding hydrogens is 348 g/mol. The second-order valence-electron chi connectivity index (χ2n) is 5.14. The maximum atomic E-state index is 12.2. The fourth-order valence-corrected chi connectivity index (χ4v) is 3.51. The van der Waals surface area contributed by atoms with Gasteiger partial charge in [0.2, 0.25) is 16.8 Å². The first-order chi connectivity index (χ1) is 12.0. The molecule has 2 heterocycles. The third-order valence-electron chi connectivity index (χ3n) is 3.37. The van der Waals surface area contributed by atoms with Crippen molar-refractivity contribution >= 4 is 10.0 Å². The van der Waals surface area contributed by atoms with Crippen molar-refractivity contribution in [1.82, 2.24) is 9.88 Å². The Kier molecular flexibility index (Phi) is 4.83. The Morgan fingerprint density at radius 1 is 1.24 bits per heavy atom. The second-order valence-corrected chi connectivity index (χ2v) is 6.84. The number of ether oxygens (including phenoxy) is 3. The number of aromatic nitrogens is 1. The quantitative estimate of drug-likeness (QED) is 0.800. The van der Waals surface area contributed by atoms with Crippen LogP contribution in [0.2, 0.25) is 0 Å². The molecule has 0 bridgehead atoms. The molecule has 0 amide bonds. The van der Waals surface area contributed by atoms with Crippen molar-refractivity contribution in [2.24, 2.45) is 0 Å². The molecule has 25 heavy (non-hydrogen) atoms. The summed E-state index contributed by atoms with van der Waals surface area (Å²) in [4.78, 5) is 0.0471. The standard InChI is InChI=1S/C16H16N2O6S/c1-11-16(12(2)24-18-11)25(19,20)17-7-3-4-8-21-13-5-6-14-15(9-13)23-10-22-14/h5-6,9,17H,7-8,10H2,1-2H3. The lowest BCUT2D eigenvalue weighted by molar-refractivity contribution is 0.174. The number of rotatable bonds is 5. The van der Waals surface area contributed by atoms with Crippen molar-refractivity contribution in [3.8, 4) is 29.1 Å². The zero-order valence-electron chi connectivity index (χ0n) is 13.7. The van der Waals surface area contributed by atoms with E-state index >= 15 is 0 Å². The van der Waals surface area contributed by atoms with E-state index in [1.807, 2.05) is 0 Å². The Hall–Kier alpha value is -2.70. The van der Waals surface area contributed by atoms with Gasteiger partial charge in [0.05, 0.1) is 6.54 Å². The lowest BCUT2D eigenvalue weighted by atomic mass is 10.3. The number of sulfonamides is 1. The minimum atomic E-state index is -3.70. The molecule has 1 aliphatic rings.